The predicted molar refractivity (Wildman–Crippen MR) is 132 cm³/mol. The quantitative estimate of drug-likeness (QED) is 0.299. The number of hydrogen-bond donors (Lipinski definition) is 6. The molecule has 9 N–H and O–H groups in total. The normalized spacial score (nSPS) is 30.6. The third-order valence-corrected chi connectivity index (χ3v) is 7.92. The Bertz CT molecular complexity index is 1550. The van der Waals surface area contributed by atoms with Gasteiger partial charge in [0.2, 0.25) is 0 Å². The number of likely N-dealkylation sites (N-methyl/N-ethyl adjacent to an activating group) is 1. The number of nitrogens with two attached hydrogens (primary N) is 3. The van der Waals surface area contributed by atoms with E-state index in [4.69, 9.17) is 21.6 Å². The highest BCUT2D eigenvalue weighted by Gasteiger charge is 2.74. The number of aliphatic hydroxyl groups excluding tert-OH is 2. The fraction of sp³-hybridized carbons (Fsp3) is 0.308. The van der Waals surface area contributed by atoms with Crippen LogP contribution in [0.5, 0.6) is 5.75 Å². The maximum Gasteiger partial charge on any atom is 0.255 e. The van der Waals surface area contributed by atoms with E-state index >= 15 is 0 Å². The van der Waals surface area contributed by atoms with E-state index in [1.54, 1.807) is 24.3 Å². The van der Waals surface area contributed by atoms with Crippen LogP contribution in [0.3, 0.4) is 0 Å². The van der Waals surface area contributed by atoms with E-state index in [1.165, 1.54) is 31.3 Å². The third-order valence-electron chi connectivity index (χ3n) is 7.92. The fourth-order valence-corrected chi connectivity index (χ4v) is 6.49. The molecule has 5 rings (SSSR count). The summed E-state index contributed by atoms with van der Waals surface area (Å²) in [5, 5.41) is 43.7. The van der Waals surface area contributed by atoms with Gasteiger partial charge in [-0.05, 0) is 56.8 Å². The molecule has 0 unspecified atom stereocenters. The first-order valence-electron chi connectivity index (χ1n) is 11.6. The SMILES string of the molecule is CN(C)[C@@H]1C(=O)C(C(N)=O)=C(O)[C@@]2(C#N)C(=O)C3=C(O)c4c(O)ccc(-c5ccco5)c4C[C@@]3(N)C[C@@]12N. The van der Waals surface area contributed by atoms with Crippen molar-refractivity contribution in [1.82, 2.24) is 4.90 Å². The van der Waals surface area contributed by atoms with E-state index in [1.807, 2.05) is 0 Å². The molecule has 4 atom stereocenters. The Morgan fingerprint density at radius 1 is 1.18 bits per heavy atom. The van der Waals surface area contributed by atoms with E-state index in [0.717, 1.165) is 0 Å². The fourth-order valence-electron chi connectivity index (χ4n) is 6.49. The van der Waals surface area contributed by atoms with Gasteiger partial charge in [-0.3, -0.25) is 19.3 Å². The lowest BCUT2D eigenvalue weighted by Gasteiger charge is -2.58. The molecule has 38 heavy (non-hydrogen) atoms. The van der Waals surface area contributed by atoms with Crippen molar-refractivity contribution in [2.24, 2.45) is 22.6 Å². The molecule has 1 amide bonds. The van der Waals surface area contributed by atoms with Crippen LogP contribution in [-0.4, -0.2) is 68.9 Å². The lowest BCUT2D eigenvalue weighted by molar-refractivity contribution is -0.139. The number of nitriles is 1. The summed E-state index contributed by atoms with van der Waals surface area (Å²) in [6, 6.07) is 6.47. The van der Waals surface area contributed by atoms with E-state index in [0.29, 0.717) is 16.9 Å². The van der Waals surface area contributed by atoms with Gasteiger partial charge in [0.1, 0.15) is 28.6 Å². The van der Waals surface area contributed by atoms with Gasteiger partial charge in [-0.15, -0.1) is 0 Å². The Hall–Kier alpha value is -4.44. The molecule has 3 aliphatic rings. The van der Waals surface area contributed by atoms with Crippen molar-refractivity contribution >= 4 is 23.2 Å². The summed E-state index contributed by atoms with van der Waals surface area (Å²) in [5.41, 5.74) is 11.7. The molecule has 196 valence electrons. The van der Waals surface area contributed by atoms with Crippen LogP contribution < -0.4 is 17.2 Å². The van der Waals surface area contributed by atoms with Crippen LogP contribution in [0.2, 0.25) is 0 Å². The minimum atomic E-state index is -2.70. The highest BCUT2D eigenvalue weighted by Crippen LogP contribution is 2.58. The number of phenolic OH excluding ortho intramolecular Hbond substituents is 1. The summed E-state index contributed by atoms with van der Waals surface area (Å²) >= 11 is 0. The molecule has 1 aromatic carbocycles. The number of ketones is 2. The highest BCUT2D eigenvalue weighted by atomic mass is 16.3. The number of hydrogen-bond acceptors (Lipinski definition) is 11. The predicted octanol–water partition coefficient (Wildman–Crippen LogP) is 0.165. The summed E-state index contributed by atoms with van der Waals surface area (Å²) in [7, 11) is 2.92. The minimum absolute atomic E-state index is 0.101. The first kappa shape index (κ1) is 25.2. The summed E-state index contributed by atoms with van der Waals surface area (Å²) in [4.78, 5) is 41.3. The number of primary amides is 1. The summed E-state index contributed by atoms with van der Waals surface area (Å²) in [5.74, 6) is -5.38. The number of rotatable bonds is 3. The molecule has 0 bridgehead atoms. The maximum atomic E-state index is 14.3. The van der Waals surface area contributed by atoms with Gasteiger partial charge in [-0.1, -0.05) is 0 Å². The maximum absolute atomic E-state index is 14.3. The standard InChI is InChI=1S/C26H25N5O7/c1-31(2)20-19(34)16(23(28)37)21(35)25(10-27)22(36)17-18(33)15-12(8-24(17,29)9-26(20,25)30)11(5-6-13(15)32)14-4-3-7-38-14/h3-7,20,32-33,35H,8-9,29-30H2,1-2H3,(H2,28,37)/t20-,24-,25+,26-/m1/s1. The first-order chi connectivity index (χ1) is 17.8. The van der Waals surface area contributed by atoms with Crippen LogP contribution in [0, 0.1) is 16.7 Å². The minimum Gasteiger partial charge on any atom is -0.509 e. The Morgan fingerprint density at radius 3 is 2.42 bits per heavy atom. The van der Waals surface area contributed by atoms with Gasteiger partial charge in [0.15, 0.2) is 17.0 Å². The number of Topliss-reactive ketones (excluding diaryl/α,β-unsaturated/α-hetero) is 2. The van der Waals surface area contributed by atoms with E-state index in [-0.39, 0.29) is 17.7 Å². The second-order valence-electron chi connectivity index (χ2n) is 10.2. The monoisotopic (exact) mass is 519 g/mol. The lowest BCUT2D eigenvalue weighted by Crippen LogP contribution is -2.80. The lowest BCUT2D eigenvalue weighted by atomic mass is 9.47. The van der Waals surface area contributed by atoms with Crippen molar-refractivity contribution in [3.63, 3.8) is 0 Å². The van der Waals surface area contributed by atoms with Crippen LogP contribution >= 0.6 is 0 Å². The summed E-state index contributed by atoms with van der Waals surface area (Å²) in [6.45, 7) is 0. The topological polar surface area (TPSA) is 230 Å². The second kappa shape index (κ2) is 7.78. The van der Waals surface area contributed by atoms with Gasteiger partial charge in [0, 0.05) is 5.56 Å². The molecule has 1 aromatic heterocycles. The zero-order valence-corrected chi connectivity index (χ0v) is 20.5. The molecule has 12 heteroatoms. The number of carbonyl (C=O) groups is 3. The zero-order chi connectivity index (χ0) is 27.9. The summed E-state index contributed by atoms with van der Waals surface area (Å²) in [6.07, 6.45) is 0.841. The largest absolute Gasteiger partial charge is 0.509 e. The molecule has 12 nitrogen and oxygen atoms in total. The van der Waals surface area contributed by atoms with Crippen molar-refractivity contribution < 1.29 is 34.1 Å². The smallest absolute Gasteiger partial charge is 0.255 e. The van der Waals surface area contributed by atoms with E-state index < -0.39 is 69.1 Å². The second-order valence-corrected chi connectivity index (χ2v) is 10.2. The Morgan fingerprint density at radius 2 is 1.87 bits per heavy atom. The van der Waals surface area contributed by atoms with Crippen molar-refractivity contribution in [2.75, 3.05) is 14.1 Å². The number of nitrogens with zero attached hydrogens (tertiary/aromatic N) is 2. The van der Waals surface area contributed by atoms with Crippen LogP contribution in [-0.2, 0) is 20.8 Å². The summed E-state index contributed by atoms with van der Waals surface area (Å²) < 4.78 is 5.51. The average molecular weight is 520 g/mol. The Kier molecular flexibility index (Phi) is 5.16. The molecule has 1 fully saturated rings. The Labute approximate surface area is 216 Å². The van der Waals surface area contributed by atoms with Gasteiger partial charge >= 0.3 is 0 Å². The highest BCUT2D eigenvalue weighted by molar-refractivity contribution is 6.25. The number of phenols is 1. The molecule has 0 aliphatic heterocycles. The average Bonchev–Trinajstić information content (AvgIpc) is 3.32. The van der Waals surface area contributed by atoms with Crippen LogP contribution in [0.4, 0.5) is 0 Å². The number of carbonyl (C=O) groups excluding carboxylic acids is 3. The van der Waals surface area contributed by atoms with Crippen molar-refractivity contribution in [3.05, 3.63) is 58.6 Å². The van der Waals surface area contributed by atoms with Crippen molar-refractivity contribution in [2.45, 2.75) is 30.0 Å². The van der Waals surface area contributed by atoms with Gasteiger partial charge in [-0.2, -0.15) is 5.26 Å². The molecular weight excluding hydrogens is 494 g/mol. The Balaban J connectivity index is 1.88. The zero-order valence-electron chi connectivity index (χ0n) is 20.5. The number of furan rings is 1. The molecule has 3 aliphatic carbocycles. The number of benzene rings is 1. The molecular formula is C26H25N5O7. The molecule has 2 aromatic rings. The number of amides is 1. The van der Waals surface area contributed by atoms with Gasteiger partial charge in [-0.25, -0.2) is 0 Å². The van der Waals surface area contributed by atoms with Crippen LogP contribution in [0.15, 0.2) is 51.9 Å². The number of aromatic hydroxyl groups is 1. The molecule has 0 radical (unpaired) electrons. The van der Waals surface area contributed by atoms with Crippen LogP contribution in [0.1, 0.15) is 17.5 Å². The third kappa shape index (κ3) is 2.80. The van der Waals surface area contributed by atoms with Gasteiger partial charge < -0.3 is 36.9 Å². The van der Waals surface area contributed by atoms with E-state index in [9.17, 15) is 35.0 Å². The number of aliphatic hydroxyl groups is 2. The first-order valence-corrected chi connectivity index (χ1v) is 11.6. The molecule has 1 saturated carbocycles. The van der Waals surface area contributed by atoms with E-state index in [2.05, 4.69) is 0 Å². The molecule has 1 heterocycles. The van der Waals surface area contributed by atoms with Crippen molar-refractivity contribution in [1.29, 1.82) is 5.26 Å². The molecule has 0 saturated heterocycles. The van der Waals surface area contributed by atoms with Crippen molar-refractivity contribution in [3.8, 4) is 23.1 Å². The van der Waals surface area contributed by atoms with Crippen LogP contribution in [0.25, 0.3) is 17.1 Å². The number of fused-ring (bicyclic) bond motifs is 3. The van der Waals surface area contributed by atoms with Gasteiger partial charge in [0.25, 0.3) is 5.91 Å². The van der Waals surface area contributed by atoms with Gasteiger partial charge in [0.05, 0.1) is 40.6 Å². The molecule has 0 spiro atoms.